The predicted molar refractivity (Wildman–Crippen MR) is 38.5 cm³/mol. The van der Waals surface area contributed by atoms with Gasteiger partial charge >= 0.3 is 0 Å². The van der Waals surface area contributed by atoms with E-state index in [1.54, 1.807) is 0 Å². The van der Waals surface area contributed by atoms with Crippen LogP contribution in [0.2, 0.25) is 0 Å². The van der Waals surface area contributed by atoms with E-state index in [0.717, 1.165) is 32.3 Å². The highest BCUT2D eigenvalue weighted by atomic mass is 16.5. The Morgan fingerprint density at radius 1 is 1.20 bits per heavy atom. The van der Waals surface area contributed by atoms with Gasteiger partial charge in [-0.25, -0.2) is 5.01 Å². The molecule has 58 valence electrons. The van der Waals surface area contributed by atoms with Gasteiger partial charge in [-0.3, -0.25) is 5.43 Å². The zero-order chi connectivity index (χ0) is 6.81. The first-order chi connectivity index (χ1) is 4.95. The minimum absolute atomic E-state index is 0.790. The molecule has 1 heterocycles. The molecule has 1 saturated heterocycles. The molecule has 1 aliphatic heterocycles. The lowest BCUT2D eigenvalue weighted by atomic mass is 10.5. The smallest absolute Gasteiger partial charge is 0.0608 e. The summed E-state index contributed by atoms with van der Waals surface area (Å²) in [7, 11) is 0. The molecule has 2 rings (SSSR count). The number of nitrogens with zero attached hydrogens (tertiary/aromatic N) is 1. The zero-order valence-electron chi connectivity index (χ0n) is 6.18. The van der Waals surface area contributed by atoms with Crippen LogP contribution < -0.4 is 5.43 Å². The lowest BCUT2D eigenvalue weighted by Gasteiger charge is -2.27. The van der Waals surface area contributed by atoms with E-state index < -0.39 is 0 Å². The van der Waals surface area contributed by atoms with Crippen LogP contribution in [0.1, 0.15) is 12.8 Å². The number of hydrazine groups is 1. The van der Waals surface area contributed by atoms with Crippen LogP contribution in [0, 0.1) is 0 Å². The van der Waals surface area contributed by atoms with Crippen LogP contribution in [-0.2, 0) is 4.74 Å². The van der Waals surface area contributed by atoms with Crippen molar-refractivity contribution in [2.45, 2.75) is 18.9 Å². The van der Waals surface area contributed by atoms with Crippen LogP contribution in [-0.4, -0.2) is 37.4 Å². The molecule has 0 spiro atoms. The second-order valence-electron chi connectivity index (χ2n) is 3.00. The van der Waals surface area contributed by atoms with Crippen molar-refractivity contribution in [1.82, 2.24) is 10.4 Å². The monoisotopic (exact) mass is 142 g/mol. The normalized spacial score (nSPS) is 28.8. The molecule has 0 bridgehead atoms. The Kier molecular flexibility index (Phi) is 1.88. The SMILES string of the molecule is C1CN(NC2CC2)CCO1. The molecule has 2 aliphatic rings. The van der Waals surface area contributed by atoms with Gasteiger partial charge in [-0.1, -0.05) is 0 Å². The summed E-state index contributed by atoms with van der Waals surface area (Å²) in [4.78, 5) is 0. The van der Waals surface area contributed by atoms with Crippen LogP contribution in [0.3, 0.4) is 0 Å². The van der Waals surface area contributed by atoms with Crippen molar-refractivity contribution in [3.63, 3.8) is 0 Å². The number of hydrogen-bond acceptors (Lipinski definition) is 3. The molecule has 2 fully saturated rings. The van der Waals surface area contributed by atoms with Gasteiger partial charge in [0.15, 0.2) is 0 Å². The zero-order valence-corrected chi connectivity index (χ0v) is 6.18. The fourth-order valence-electron chi connectivity index (χ4n) is 1.16. The highest BCUT2D eigenvalue weighted by molar-refractivity contribution is 4.80. The number of rotatable bonds is 2. The van der Waals surface area contributed by atoms with Gasteiger partial charge in [0.2, 0.25) is 0 Å². The Bertz CT molecular complexity index is 108. The average molecular weight is 142 g/mol. The largest absolute Gasteiger partial charge is 0.379 e. The third kappa shape index (κ3) is 1.68. The van der Waals surface area contributed by atoms with E-state index in [9.17, 15) is 0 Å². The first kappa shape index (κ1) is 6.58. The lowest BCUT2D eigenvalue weighted by Crippen LogP contribution is -2.46. The summed E-state index contributed by atoms with van der Waals surface area (Å²) in [6.07, 6.45) is 2.72. The second-order valence-corrected chi connectivity index (χ2v) is 3.00. The molecule has 1 N–H and O–H groups in total. The van der Waals surface area contributed by atoms with Gasteiger partial charge in [-0.05, 0) is 12.8 Å². The topological polar surface area (TPSA) is 24.5 Å². The van der Waals surface area contributed by atoms with Crippen LogP contribution in [0.15, 0.2) is 0 Å². The molecule has 0 atom stereocenters. The standard InChI is InChI=1S/C7H14N2O/c1-2-7(1)8-9-3-5-10-6-4-9/h7-8H,1-6H2. The lowest BCUT2D eigenvalue weighted by molar-refractivity contribution is 0.0105. The first-order valence-electron chi connectivity index (χ1n) is 4.04. The number of ether oxygens (including phenoxy) is 1. The van der Waals surface area contributed by atoms with Crippen molar-refractivity contribution in [2.24, 2.45) is 0 Å². The molecule has 0 aromatic rings. The minimum Gasteiger partial charge on any atom is -0.379 e. The average Bonchev–Trinajstić information content (AvgIpc) is 2.74. The summed E-state index contributed by atoms with van der Waals surface area (Å²) >= 11 is 0. The van der Waals surface area contributed by atoms with Gasteiger partial charge in [0, 0.05) is 19.1 Å². The van der Waals surface area contributed by atoms with Crippen molar-refractivity contribution in [3.05, 3.63) is 0 Å². The minimum atomic E-state index is 0.790. The summed E-state index contributed by atoms with van der Waals surface area (Å²) in [5.74, 6) is 0. The molecule has 1 aliphatic carbocycles. The van der Waals surface area contributed by atoms with Crippen molar-refractivity contribution < 1.29 is 4.74 Å². The number of morpholine rings is 1. The van der Waals surface area contributed by atoms with Crippen molar-refractivity contribution in [2.75, 3.05) is 26.3 Å². The Hall–Kier alpha value is -0.120. The summed E-state index contributed by atoms with van der Waals surface area (Å²) < 4.78 is 5.22. The van der Waals surface area contributed by atoms with Gasteiger partial charge in [-0.15, -0.1) is 0 Å². The number of nitrogens with one attached hydrogen (secondary N) is 1. The highest BCUT2D eigenvalue weighted by Crippen LogP contribution is 2.19. The van der Waals surface area contributed by atoms with Crippen LogP contribution in [0.25, 0.3) is 0 Å². The van der Waals surface area contributed by atoms with E-state index in [2.05, 4.69) is 10.4 Å². The maximum absolute atomic E-state index is 5.22. The molecule has 3 nitrogen and oxygen atoms in total. The molecular weight excluding hydrogens is 128 g/mol. The van der Waals surface area contributed by atoms with Crippen molar-refractivity contribution in [1.29, 1.82) is 0 Å². The molecule has 0 aromatic heterocycles. The van der Waals surface area contributed by atoms with Gasteiger partial charge in [0.25, 0.3) is 0 Å². The molecular formula is C7H14N2O. The van der Waals surface area contributed by atoms with Crippen LogP contribution in [0.5, 0.6) is 0 Å². The van der Waals surface area contributed by atoms with Crippen LogP contribution in [0.4, 0.5) is 0 Å². The number of hydrogen-bond donors (Lipinski definition) is 1. The van der Waals surface area contributed by atoms with Gasteiger partial charge in [0.1, 0.15) is 0 Å². The Labute approximate surface area is 61.3 Å². The molecule has 0 amide bonds. The van der Waals surface area contributed by atoms with E-state index in [4.69, 9.17) is 4.74 Å². The van der Waals surface area contributed by atoms with Gasteiger partial charge in [0.05, 0.1) is 13.2 Å². The van der Waals surface area contributed by atoms with E-state index in [0.29, 0.717) is 0 Å². The quantitative estimate of drug-likeness (QED) is 0.586. The molecule has 0 unspecified atom stereocenters. The Balaban J connectivity index is 1.69. The molecule has 1 saturated carbocycles. The van der Waals surface area contributed by atoms with Crippen LogP contribution >= 0.6 is 0 Å². The van der Waals surface area contributed by atoms with E-state index in [1.807, 2.05) is 0 Å². The molecule has 0 aromatic carbocycles. The van der Waals surface area contributed by atoms with E-state index in [1.165, 1.54) is 12.8 Å². The van der Waals surface area contributed by atoms with Crippen molar-refractivity contribution >= 4 is 0 Å². The molecule has 0 radical (unpaired) electrons. The highest BCUT2D eigenvalue weighted by Gasteiger charge is 2.24. The fraction of sp³-hybridized carbons (Fsp3) is 1.00. The summed E-state index contributed by atoms with van der Waals surface area (Å²) in [5, 5.41) is 2.28. The van der Waals surface area contributed by atoms with Gasteiger partial charge < -0.3 is 4.74 Å². The summed E-state index contributed by atoms with van der Waals surface area (Å²) in [6, 6.07) is 0.790. The second kappa shape index (κ2) is 2.86. The summed E-state index contributed by atoms with van der Waals surface area (Å²) in [5.41, 5.74) is 3.45. The Morgan fingerprint density at radius 3 is 2.50 bits per heavy atom. The molecule has 3 heteroatoms. The summed E-state index contributed by atoms with van der Waals surface area (Å²) in [6.45, 7) is 3.88. The predicted octanol–water partition coefficient (Wildman–Crippen LogP) is -0.0144. The third-order valence-electron chi connectivity index (χ3n) is 1.95. The fourth-order valence-corrected chi connectivity index (χ4v) is 1.16. The molecule has 10 heavy (non-hydrogen) atoms. The van der Waals surface area contributed by atoms with E-state index >= 15 is 0 Å². The first-order valence-corrected chi connectivity index (χ1v) is 4.04. The maximum atomic E-state index is 5.22. The maximum Gasteiger partial charge on any atom is 0.0608 e. The Morgan fingerprint density at radius 2 is 1.90 bits per heavy atom. The third-order valence-corrected chi connectivity index (χ3v) is 1.95. The van der Waals surface area contributed by atoms with Gasteiger partial charge in [-0.2, -0.15) is 0 Å². The van der Waals surface area contributed by atoms with E-state index in [-0.39, 0.29) is 0 Å². The van der Waals surface area contributed by atoms with Crippen molar-refractivity contribution in [3.8, 4) is 0 Å².